The monoisotopic (exact) mass is 301 g/mol. The predicted octanol–water partition coefficient (Wildman–Crippen LogP) is 3.85. The maximum Gasteiger partial charge on any atom is 0.263 e. The Kier molecular flexibility index (Phi) is 3.46. The van der Waals surface area contributed by atoms with E-state index in [0.29, 0.717) is 0 Å². The van der Waals surface area contributed by atoms with Crippen LogP contribution in [-0.4, -0.2) is 9.81 Å². The highest BCUT2D eigenvalue weighted by Crippen LogP contribution is 2.38. The second kappa shape index (κ2) is 5.15. The highest BCUT2D eigenvalue weighted by Gasteiger charge is 2.29. The molecule has 1 aromatic carbocycles. The van der Waals surface area contributed by atoms with Gasteiger partial charge in [0, 0.05) is 11.6 Å². The van der Waals surface area contributed by atoms with E-state index in [1.54, 1.807) is 4.57 Å². The number of nitrogens with zero attached hydrogens (tertiary/aromatic N) is 1. The van der Waals surface area contributed by atoms with Crippen molar-refractivity contribution in [2.45, 2.75) is 32.7 Å². The molecule has 3 rings (SSSR count). The lowest BCUT2D eigenvalue weighted by Crippen LogP contribution is -2.25. The third-order valence-corrected chi connectivity index (χ3v) is 4.11. The molecule has 0 aliphatic heterocycles. The van der Waals surface area contributed by atoms with Crippen molar-refractivity contribution in [2.75, 3.05) is 0 Å². The third-order valence-electron chi connectivity index (χ3n) is 3.91. The Balaban J connectivity index is 2.28. The third kappa shape index (κ3) is 2.54. The molecule has 1 fully saturated rings. The van der Waals surface area contributed by atoms with Crippen molar-refractivity contribution in [1.29, 1.82) is 0 Å². The van der Waals surface area contributed by atoms with Crippen LogP contribution in [0, 0.1) is 13.8 Å². The molecule has 1 heterocycles. The van der Waals surface area contributed by atoms with Gasteiger partial charge in [-0.1, -0.05) is 17.7 Å². The summed E-state index contributed by atoms with van der Waals surface area (Å²) < 4.78 is 1.73. The summed E-state index contributed by atoms with van der Waals surface area (Å²) >= 11 is 5.51. The van der Waals surface area contributed by atoms with E-state index in [1.165, 1.54) is 6.07 Å². The van der Waals surface area contributed by atoms with E-state index in [-0.39, 0.29) is 17.2 Å². The zero-order valence-electron chi connectivity index (χ0n) is 12.0. The van der Waals surface area contributed by atoms with Gasteiger partial charge in [0.2, 0.25) is 0 Å². The van der Waals surface area contributed by atoms with Crippen LogP contribution in [0.4, 0.5) is 0 Å². The number of carbonyl (C=O) groups is 1. The SMILES string of the molecule is Cc1ccc(C)c(-c2ccc(C(=O)Cl)c(=O)n2C2CC2)c1. The van der Waals surface area contributed by atoms with Gasteiger partial charge in [-0.25, -0.2) is 0 Å². The summed E-state index contributed by atoms with van der Waals surface area (Å²) in [5.74, 6) is 0. The van der Waals surface area contributed by atoms with Crippen molar-refractivity contribution < 1.29 is 4.79 Å². The summed E-state index contributed by atoms with van der Waals surface area (Å²) in [6.45, 7) is 4.05. The van der Waals surface area contributed by atoms with Gasteiger partial charge in [-0.3, -0.25) is 9.59 Å². The van der Waals surface area contributed by atoms with E-state index in [0.717, 1.165) is 35.2 Å². The number of aromatic nitrogens is 1. The molecular weight excluding hydrogens is 286 g/mol. The van der Waals surface area contributed by atoms with Crippen LogP contribution in [0.2, 0.25) is 0 Å². The molecule has 0 N–H and O–H groups in total. The fraction of sp³-hybridized carbons (Fsp3) is 0.294. The van der Waals surface area contributed by atoms with Crippen LogP contribution in [0.3, 0.4) is 0 Å². The van der Waals surface area contributed by atoms with Crippen molar-refractivity contribution in [3.05, 3.63) is 57.4 Å². The van der Waals surface area contributed by atoms with Crippen LogP contribution in [0.5, 0.6) is 0 Å². The van der Waals surface area contributed by atoms with Crippen molar-refractivity contribution >= 4 is 16.8 Å². The van der Waals surface area contributed by atoms with Gasteiger partial charge in [0.25, 0.3) is 10.8 Å². The van der Waals surface area contributed by atoms with Crippen LogP contribution >= 0.6 is 11.6 Å². The van der Waals surface area contributed by atoms with Crippen molar-refractivity contribution in [2.24, 2.45) is 0 Å². The minimum absolute atomic E-state index is 0.0534. The second-order valence-corrected chi connectivity index (χ2v) is 5.97. The minimum atomic E-state index is -0.693. The molecule has 2 aromatic rings. The molecule has 0 unspecified atom stereocenters. The normalized spacial score (nSPS) is 14.2. The Morgan fingerprint density at radius 2 is 1.90 bits per heavy atom. The van der Waals surface area contributed by atoms with Crippen LogP contribution in [-0.2, 0) is 0 Å². The fourth-order valence-corrected chi connectivity index (χ4v) is 2.77. The fourth-order valence-electron chi connectivity index (χ4n) is 2.63. The molecule has 3 nitrogen and oxygen atoms in total. The zero-order valence-corrected chi connectivity index (χ0v) is 12.8. The molecule has 1 aliphatic rings. The first kappa shape index (κ1) is 14.1. The van der Waals surface area contributed by atoms with Gasteiger partial charge in [0.1, 0.15) is 0 Å². The van der Waals surface area contributed by atoms with E-state index in [9.17, 15) is 9.59 Å². The van der Waals surface area contributed by atoms with Gasteiger partial charge in [0.15, 0.2) is 0 Å². The number of hydrogen-bond acceptors (Lipinski definition) is 2. The molecule has 21 heavy (non-hydrogen) atoms. The summed E-state index contributed by atoms with van der Waals surface area (Å²) in [5.41, 5.74) is 3.92. The Bertz CT molecular complexity index is 788. The number of pyridine rings is 1. The lowest BCUT2D eigenvalue weighted by molar-refractivity contribution is 0.107. The van der Waals surface area contributed by atoms with E-state index in [4.69, 9.17) is 11.6 Å². The zero-order chi connectivity index (χ0) is 15.1. The number of hydrogen-bond donors (Lipinski definition) is 0. The first-order chi connectivity index (χ1) is 9.99. The molecule has 0 radical (unpaired) electrons. The van der Waals surface area contributed by atoms with E-state index >= 15 is 0 Å². The lowest BCUT2D eigenvalue weighted by Gasteiger charge is -2.15. The molecule has 0 saturated heterocycles. The average Bonchev–Trinajstić information content (AvgIpc) is 3.25. The molecule has 0 spiro atoms. The topological polar surface area (TPSA) is 39.1 Å². The van der Waals surface area contributed by atoms with Gasteiger partial charge >= 0.3 is 0 Å². The van der Waals surface area contributed by atoms with Crippen molar-refractivity contribution in [1.82, 2.24) is 4.57 Å². The number of rotatable bonds is 3. The molecule has 0 amide bonds. The maximum atomic E-state index is 12.5. The van der Waals surface area contributed by atoms with Gasteiger partial charge < -0.3 is 4.57 Å². The summed E-state index contributed by atoms with van der Waals surface area (Å²) in [6, 6.07) is 9.72. The number of carbonyl (C=O) groups excluding carboxylic acids is 1. The molecule has 0 atom stereocenters. The van der Waals surface area contributed by atoms with E-state index in [1.807, 2.05) is 26.0 Å². The Morgan fingerprint density at radius 3 is 2.52 bits per heavy atom. The van der Waals surface area contributed by atoms with Crippen LogP contribution < -0.4 is 5.56 Å². The summed E-state index contributed by atoms with van der Waals surface area (Å²) in [5, 5.41) is -0.693. The molecular formula is C17H16ClNO2. The largest absolute Gasteiger partial charge is 0.305 e. The first-order valence-electron chi connectivity index (χ1n) is 7.02. The molecule has 108 valence electrons. The average molecular weight is 302 g/mol. The predicted molar refractivity (Wildman–Crippen MR) is 84.1 cm³/mol. The van der Waals surface area contributed by atoms with Crippen LogP contribution in [0.25, 0.3) is 11.3 Å². The van der Waals surface area contributed by atoms with Crippen LogP contribution in [0.15, 0.2) is 35.1 Å². The molecule has 1 aliphatic carbocycles. The van der Waals surface area contributed by atoms with Gasteiger partial charge in [0.05, 0.1) is 11.3 Å². The molecule has 0 bridgehead atoms. The summed E-state index contributed by atoms with van der Waals surface area (Å²) in [7, 11) is 0. The highest BCUT2D eigenvalue weighted by atomic mass is 35.5. The molecule has 1 saturated carbocycles. The minimum Gasteiger partial charge on any atom is -0.305 e. The first-order valence-corrected chi connectivity index (χ1v) is 7.40. The van der Waals surface area contributed by atoms with E-state index in [2.05, 4.69) is 12.1 Å². The second-order valence-electron chi connectivity index (χ2n) is 5.63. The number of benzene rings is 1. The standard InChI is InChI=1S/C17H16ClNO2/c1-10-3-4-11(2)14(9-10)15-8-7-13(16(18)20)17(21)19(15)12-5-6-12/h3-4,7-9,12H,5-6H2,1-2H3. The Morgan fingerprint density at radius 1 is 1.19 bits per heavy atom. The lowest BCUT2D eigenvalue weighted by atomic mass is 10.0. The Labute approximate surface area is 128 Å². The van der Waals surface area contributed by atoms with Crippen molar-refractivity contribution in [3.8, 4) is 11.3 Å². The Hall–Kier alpha value is -1.87. The quantitative estimate of drug-likeness (QED) is 0.808. The highest BCUT2D eigenvalue weighted by molar-refractivity contribution is 6.67. The smallest absolute Gasteiger partial charge is 0.263 e. The number of aryl methyl sites for hydroxylation is 2. The molecule has 4 heteroatoms. The summed E-state index contributed by atoms with van der Waals surface area (Å²) in [6.07, 6.45) is 1.94. The van der Waals surface area contributed by atoms with Gasteiger partial charge in [-0.05, 0) is 62.1 Å². The van der Waals surface area contributed by atoms with Gasteiger partial charge in [-0.2, -0.15) is 0 Å². The van der Waals surface area contributed by atoms with E-state index < -0.39 is 5.24 Å². The summed E-state index contributed by atoms with van der Waals surface area (Å²) in [4.78, 5) is 23.9. The maximum absolute atomic E-state index is 12.5. The van der Waals surface area contributed by atoms with Crippen LogP contribution in [0.1, 0.15) is 40.4 Å². The number of halogens is 1. The van der Waals surface area contributed by atoms with Crippen molar-refractivity contribution in [3.63, 3.8) is 0 Å². The molecule has 1 aromatic heterocycles. The van der Waals surface area contributed by atoms with Gasteiger partial charge in [-0.15, -0.1) is 0 Å².